The van der Waals surface area contributed by atoms with Crippen molar-refractivity contribution in [1.82, 2.24) is 10.3 Å². The van der Waals surface area contributed by atoms with Gasteiger partial charge < -0.3 is 10.3 Å². The van der Waals surface area contributed by atoms with Gasteiger partial charge in [0.1, 0.15) is 5.69 Å². The third-order valence-corrected chi connectivity index (χ3v) is 2.62. The van der Waals surface area contributed by atoms with Crippen molar-refractivity contribution in [2.45, 2.75) is 12.8 Å². The zero-order valence-corrected chi connectivity index (χ0v) is 10.4. The van der Waals surface area contributed by atoms with Crippen LogP contribution in [0.2, 0.25) is 0 Å². The van der Waals surface area contributed by atoms with Gasteiger partial charge in [0.05, 0.1) is 0 Å². The molecule has 0 aliphatic carbocycles. The Morgan fingerprint density at radius 1 is 1.40 bits per heavy atom. The fourth-order valence-corrected chi connectivity index (χ4v) is 1.64. The SMILES string of the molecule is O=C(NCCCCI)c1cccc(=O)[nH]1. The molecule has 0 aliphatic rings. The number of H-pyrrole nitrogens is 1. The van der Waals surface area contributed by atoms with Crippen LogP contribution in [0.3, 0.4) is 0 Å². The van der Waals surface area contributed by atoms with E-state index in [4.69, 9.17) is 0 Å². The molecule has 1 heterocycles. The molecule has 0 saturated heterocycles. The first-order chi connectivity index (χ1) is 7.24. The molecular weight excluding hydrogens is 307 g/mol. The van der Waals surface area contributed by atoms with Crippen molar-refractivity contribution >= 4 is 28.5 Å². The van der Waals surface area contributed by atoms with E-state index in [0.29, 0.717) is 12.2 Å². The number of rotatable bonds is 5. The van der Waals surface area contributed by atoms with Crippen molar-refractivity contribution < 1.29 is 4.79 Å². The lowest BCUT2D eigenvalue weighted by molar-refractivity contribution is 0.0948. The number of pyridine rings is 1. The summed E-state index contributed by atoms with van der Waals surface area (Å²) >= 11 is 2.30. The van der Waals surface area contributed by atoms with E-state index in [1.165, 1.54) is 6.07 Å². The van der Waals surface area contributed by atoms with Crippen LogP contribution in [0.1, 0.15) is 23.3 Å². The summed E-state index contributed by atoms with van der Waals surface area (Å²) in [7, 11) is 0. The average molecular weight is 320 g/mol. The standard InChI is InChI=1S/C10H13IN2O2/c11-6-1-2-7-12-10(15)8-4-3-5-9(14)13-8/h3-5H,1-2,6-7H2,(H,12,15)(H,13,14). The number of carbonyl (C=O) groups excluding carboxylic acids is 1. The van der Waals surface area contributed by atoms with Gasteiger partial charge in [-0.15, -0.1) is 0 Å². The second-order valence-electron chi connectivity index (χ2n) is 3.08. The van der Waals surface area contributed by atoms with E-state index in [1.807, 2.05) is 0 Å². The van der Waals surface area contributed by atoms with Crippen molar-refractivity contribution in [1.29, 1.82) is 0 Å². The first kappa shape index (κ1) is 12.2. The van der Waals surface area contributed by atoms with Gasteiger partial charge in [-0.05, 0) is 23.3 Å². The Bertz CT molecular complexity index is 376. The summed E-state index contributed by atoms with van der Waals surface area (Å²) in [6.07, 6.45) is 2.05. The number of carbonyl (C=O) groups is 1. The third-order valence-electron chi connectivity index (χ3n) is 1.86. The van der Waals surface area contributed by atoms with E-state index in [9.17, 15) is 9.59 Å². The second kappa shape index (κ2) is 6.60. The van der Waals surface area contributed by atoms with Crippen LogP contribution in [0.15, 0.2) is 23.0 Å². The minimum Gasteiger partial charge on any atom is -0.351 e. The quantitative estimate of drug-likeness (QED) is 0.488. The van der Waals surface area contributed by atoms with Gasteiger partial charge in [0.2, 0.25) is 5.56 Å². The molecule has 15 heavy (non-hydrogen) atoms. The molecule has 5 heteroatoms. The number of halogens is 1. The minimum absolute atomic E-state index is 0.221. The predicted octanol–water partition coefficient (Wildman–Crippen LogP) is 1.32. The second-order valence-corrected chi connectivity index (χ2v) is 4.16. The smallest absolute Gasteiger partial charge is 0.267 e. The normalized spacial score (nSPS) is 9.93. The monoisotopic (exact) mass is 320 g/mol. The molecule has 0 bridgehead atoms. The highest BCUT2D eigenvalue weighted by Crippen LogP contribution is 1.94. The van der Waals surface area contributed by atoms with Crippen molar-refractivity contribution in [2.75, 3.05) is 11.0 Å². The molecule has 0 unspecified atom stereocenters. The molecule has 0 radical (unpaired) electrons. The largest absolute Gasteiger partial charge is 0.351 e. The van der Waals surface area contributed by atoms with Crippen LogP contribution in [-0.4, -0.2) is 21.9 Å². The van der Waals surface area contributed by atoms with Gasteiger partial charge >= 0.3 is 0 Å². The van der Waals surface area contributed by atoms with Crippen molar-refractivity contribution in [2.24, 2.45) is 0 Å². The van der Waals surface area contributed by atoms with Gasteiger partial charge in [-0.1, -0.05) is 28.7 Å². The molecule has 0 atom stereocenters. The highest BCUT2D eigenvalue weighted by molar-refractivity contribution is 14.1. The van der Waals surface area contributed by atoms with Gasteiger partial charge in [-0.2, -0.15) is 0 Å². The Morgan fingerprint density at radius 2 is 2.20 bits per heavy atom. The summed E-state index contributed by atoms with van der Waals surface area (Å²) < 4.78 is 1.09. The molecule has 4 nitrogen and oxygen atoms in total. The summed E-state index contributed by atoms with van der Waals surface area (Å²) in [6.45, 7) is 0.652. The van der Waals surface area contributed by atoms with Crippen molar-refractivity contribution in [3.63, 3.8) is 0 Å². The van der Waals surface area contributed by atoms with Crippen LogP contribution in [0.5, 0.6) is 0 Å². The first-order valence-corrected chi connectivity index (χ1v) is 6.30. The molecule has 1 aromatic heterocycles. The van der Waals surface area contributed by atoms with E-state index in [1.54, 1.807) is 12.1 Å². The molecule has 2 N–H and O–H groups in total. The summed E-state index contributed by atoms with van der Waals surface area (Å²) in [4.78, 5) is 24.9. The molecule has 0 aromatic carbocycles. The number of alkyl halides is 1. The number of hydrogen-bond acceptors (Lipinski definition) is 2. The van der Waals surface area contributed by atoms with Crippen LogP contribution in [0, 0.1) is 0 Å². The van der Waals surface area contributed by atoms with E-state index in [2.05, 4.69) is 32.9 Å². The predicted molar refractivity (Wildman–Crippen MR) is 67.5 cm³/mol. The third kappa shape index (κ3) is 4.46. The molecule has 82 valence electrons. The van der Waals surface area contributed by atoms with Crippen LogP contribution in [-0.2, 0) is 0 Å². The number of unbranched alkanes of at least 4 members (excludes halogenated alkanes) is 1. The molecule has 1 rings (SSSR count). The summed E-state index contributed by atoms with van der Waals surface area (Å²) in [5.74, 6) is -0.221. The van der Waals surface area contributed by atoms with Crippen molar-refractivity contribution in [3.8, 4) is 0 Å². The number of aromatic amines is 1. The molecule has 1 amide bonds. The van der Waals surface area contributed by atoms with Crippen LogP contribution < -0.4 is 10.9 Å². The maximum atomic E-state index is 11.5. The van der Waals surface area contributed by atoms with Crippen LogP contribution >= 0.6 is 22.6 Å². The van der Waals surface area contributed by atoms with E-state index >= 15 is 0 Å². The maximum absolute atomic E-state index is 11.5. The average Bonchev–Trinajstić information content (AvgIpc) is 2.24. The Labute approximate surface area is 102 Å². The van der Waals surface area contributed by atoms with Gasteiger partial charge in [0, 0.05) is 12.6 Å². The lowest BCUT2D eigenvalue weighted by Gasteiger charge is -2.03. The number of amides is 1. The lowest BCUT2D eigenvalue weighted by Crippen LogP contribution is -2.27. The summed E-state index contributed by atoms with van der Waals surface area (Å²) in [5.41, 5.74) is 0.0619. The Hall–Kier alpha value is -0.850. The summed E-state index contributed by atoms with van der Waals surface area (Å²) in [6, 6.07) is 4.54. The van der Waals surface area contributed by atoms with E-state index in [0.717, 1.165) is 17.3 Å². The highest BCUT2D eigenvalue weighted by atomic mass is 127. The first-order valence-electron chi connectivity index (χ1n) is 4.77. The maximum Gasteiger partial charge on any atom is 0.267 e. The van der Waals surface area contributed by atoms with Crippen molar-refractivity contribution in [3.05, 3.63) is 34.2 Å². The fourth-order valence-electron chi connectivity index (χ4n) is 1.10. The number of hydrogen-bond donors (Lipinski definition) is 2. The van der Waals surface area contributed by atoms with Gasteiger partial charge in [0.25, 0.3) is 5.91 Å². The number of nitrogens with one attached hydrogen (secondary N) is 2. The Kier molecular flexibility index (Phi) is 5.38. The molecule has 0 saturated carbocycles. The van der Waals surface area contributed by atoms with Crippen LogP contribution in [0.4, 0.5) is 0 Å². The van der Waals surface area contributed by atoms with Gasteiger partial charge in [-0.3, -0.25) is 9.59 Å². The molecule has 0 aliphatic heterocycles. The van der Waals surface area contributed by atoms with Gasteiger partial charge in [0.15, 0.2) is 0 Å². The van der Waals surface area contributed by atoms with Crippen LogP contribution in [0.25, 0.3) is 0 Å². The zero-order chi connectivity index (χ0) is 11.1. The Balaban J connectivity index is 2.44. The summed E-state index contributed by atoms with van der Waals surface area (Å²) in [5, 5.41) is 2.75. The molecule has 0 fully saturated rings. The minimum atomic E-state index is -0.255. The molecule has 1 aromatic rings. The van der Waals surface area contributed by atoms with Gasteiger partial charge in [-0.25, -0.2) is 0 Å². The highest BCUT2D eigenvalue weighted by Gasteiger charge is 2.04. The van der Waals surface area contributed by atoms with E-state index < -0.39 is 0 Å². The topological polar surface area (TPSA) is 62.0 Å². The van der Waals surface area contributed by atoms with E-state index in [-0.39, 0.29) is 11.5 Å². The zero-order valence-electron chi connectivity index (χ0n) is 8.25. The number of aromatic nitrogens is 1. The lowest BCUT2D eigenvalue weighted by atomic mass is 10.3. The fraction of sp³-hybridized carbons (Fsp3) is 0.400. The molecule has 0 spiro atoms. The molecular formula is C10H13IN2O2. The Morgan fingerprint density at radius 3 is 2.87 bits per heavy atom.